The van der Waals surface area contributed by atoms with Crippen LogP contribution in [-0.2, 0) is 6.54 Å². The number of benzene rings is 1. The highest BCUT2D eigenvalue weighted by atomic mass is 16.3. The van der Waals surface area contributed by atoms with E-state index in [0.717, 1.165) is 12.2 Å². The molecule has 0 radical (unpaired) electrons. The summed E-state index contributed by atoms with van der Waals surface area (Å²) >= 11 is 0. The topological polar surface area (TPSA) is 77.2 Å². The van der Waals surface area contributed by atoms with Gasteiger partial charge >= 0.3 is 0 Å². The molecule has 0 unspecified atom stereocenters. The molecule has 0 aliphatic carbocycles. The van der Waals surface area contributed by atoms with E-state index in [1.54, 1.807) is 12.1 Å². The highest BCUT2D eigenvalue weighted by molar-refractivity contribution is 5.94. The van der Waals surface area contributed by atoms with Gasteiger partial charge < -0.3 is 20.7 Å². The van der Waals surface area contributed by atoms with Gasteiger partial charge in [-0.05, 0) is 35.9 Å². The standard InChI is InChI=1S/C14H17N3O2/c18-8-7-16-14(19)12-1-3-13(4-2-12)17-10-11-5-6-15-9-11/h1-6,9,15,17-18H,7-8,10H2,(H,16,19). The van der Waals surface area contributed by atoms with Gasteiger partial charge in [0.15, 0.2) is 0 Å². The smallest absolute Gasteiger partial charge is 0.251 e. The molecule has 5 nitrogen and oxygen atoms in total. The summed E-state index contributed by atoms with van der Waals surface area (Å²) in [5.74, 6) is -0.175. The van der Waals surface area contributed by atoms with Crippen molar-refractivity contribution in [2.75, 3.05) is 18.5 Å². The summed E-state index contributed by atoms with van der Waals surface area (Å²) in [4.78, 5) is 14.6. The summed E-state index contributed by atoms with van der Waals surface area (Å²) in [7, 11) is 0. The third-order valence-electron chi connectivity index (χ3n) is 2.70. The Morgan fingerprint density at radius 3 is 2.63 bits per heavy atom. The maximum Gasteiger partial charge on any atom is 0.251 e. The average Bonchev–Trinajstić information content (AvgIpc) is 2.96. The number of aromatic amines is 1. The maximum absolute atomic E-state index is 11.6. The molecule has 1 aromatic heterocycles. The van der Waals surface area contributed by atoms with Crippen molar-refractivity contribution >= 4 is 11.6 Å². The van der Waals surface area contributed by atoms with E-state index in [9.17, 15) is 4.79 Å². The lowest BCUT2D eigenvalue weighted by molar-refractivity contribution is 0.0945. The highest BCUT2D eigenvalue weighted by Crippen LogP contribution is 2.11. The Labute approximate surface area is 111 Å². The number of aromatic nitrogens is 1. The van der Waals surface area contributed by atoms with Crippen molar-refractivity contribution in [1.29, 1.82) is 0 Å². The van der Waals surface area contributed by atoms with Crippen molar-refractivity contribution in [3.8, 4) is 0 Å². The second kappa shape index (κ2) is 6.61. The monoisotopic (exact) mass is 259 g/mol. The number of aliphatic hydroxyl groups excluding tert-OH is 1. The second-order valence-electron chi connectivity index (χ2n) is 4.13. The molecule has 0 aliphatic rings. The fourth-order valence-electron chi connectivity index (χ4n) is 1.68. The Bertz CT molecular complexity index is 506. The SMILES string of the molecule is O=C(NCCO)c1ccc(NCc2cc[nH]c2)cc1. The molecular formula is C14H17N3O2. The van der Waals surface area contributed by atoms with Gasteiger partial charge in [-0.2, -0.15) is 0 Å². The Morgan fingerprint density at radius 1 is 1.21 bits per heavy atom. The largest absolute Gasteiger partial charge is 0.395 e. The minimum atomic E-state index is -0.175. The number of aliphatic hydroxyl groups is 1. The van der Waals surface area contributed by atoms with Gasteiger partial charge in [-0.3, -0.25) is 4.79 Å². The van der Waals surface area contributed by atoms with Gasteiger partial charge in [0.25, 0.3) is 5.91 Å². The number of carbonyl (C=O) groups is 1. The van der Waals surface area contributed by atoms with E-state index < -0.39 is 0 Å². The number of nitrogens with one attached hydrogen (secondary N) is 3. The fraction of sp³-hybridized carbons (Fsp3) is 0.214. The van der Waals surface area contributed by atoms with Crippen LogP contribution in [0.1, 0.15) is 15.9 Å². The first-order valence-corrected chi connectivity index (χ1v) is 6.14. The normalized spacial score (nSPS) is 10.2. The van der Waals surface area contributed by atoms with Crippen LogP contribution < -0.4 is 10.6 Å². The molecule has 0 atom stereocenters. The first-order valence-electron chi connectivity index (χ1n) is 6.14. The van der Waals surface area contributed by atoms with Crippen molar-refractivity contribution in [2.45, 2.75) is 6.54 Å². The average molecular weight is 259 g/mol. The van der Waals surface area contributed by atoms with Crippen LogP contribution in [0.15, 0.2) is 42.7 Å². The Kier molecular flexibility index (Phi) is 4.58. The van der Waals surface area contributed by atoms with Crippen molar-refractivity contribution < 1.29 is 9.90 Å². The van der Waals surface area contributed by atoms with Crippen LogP contribution in [0.3, 0.4) is 0 Å². The molecule has 0 saturated carbocycles. The number of carbonyl (C=O) groups excluding carboxylic acids is 1. The molecule has 19 heavy (non-hydrogen) atoms. The third-order valence-corrected chi connectivity index (χ3v) is 2.70. The van der Waals surface area contributed by atoms with Crippen molar-refractivity contribution in [2.24, 2.45) is 0 Å². The van der Waals surface area contributed by atoms with E-state index >= 15 is 0 Å². The lowest BCUT2D eigenvalue weighted by Crippen LogP contribution is -2.26. The lowest BCUT2D eigenvalue weighted by Gasteiger charge is -2.07. The van der Waals surface area contributed by atoms with Crippen LogP contribution in [-0.4, -0.2) is 29.1 Å². The number of amides is 1. The van der Waals surface area contributed by atoms with E-state index in [0.29, 0.717) is 5.56 Å². The van der Waals surface area contributed by atoms with E-state index in [-0.39, 0.29) is 19.1 Å². The van der Waals surface area contributed by atoms with Gasteiger partial charge in [-0.25, -0.2) is 0 Å². The number of rotatable bonds is 6. The van der Waals surface area contributed by atoms with Crippen molar-refractivity contribution in [1.82, 2.24) is 10.3 Å². The van der Waals surface area contributed by atoms with Crippen LogP contribution in [0.4, 0.5) is 5.69 Å². The molecule has 0 saturated heterocycles. The molecule has 0 bridgehead atoms. The zero-order valence-electron chi connectivity index (χ0n) is 10.5. The van der Waals surface area contributed by atoms with Gasteiger partial charge in [0.1, 0.15) is 0 Å². The van der Waals surface area contributed by atoms with Crippen LogP contribution in [0.2, 0.25) is 0 Å². The number of hydrogen-bond donors (Lipinski definition) is 4. The first-order chi connectivity index (χ1) is 9.29. The molecule has 0 fully saturated rings. The predicted octanol–water partition coefficient (Wildman–Crippen LogP) is 1.35. The van der Waals surface area contributed by atoms with E-state index in [2.05, 4.69) is 15.6 Å². The molecular weight excluding hydrogens is 242 g/mol. The maximum atomic E-state index is 11.6. The lowest BCUT2D eigenvalue weighted by atomic mass is 10.2. The molecule has 1 heterocycles. The van der Waals surface area contributed by atoms with Crippen LogP contribution in [0, 0.1) is 0 Å². The fourth-order valence-corrected chi connectivity index (χ4v) is 1.68. The zero-order valence-corrected chi connectivity index (χ0v) is 10.5. The van der Waals surface area contributed by atoms with E-state index in [1.807, 2.05) is 30.6 Å². The minimum absolute atomic E-state index is 0.0535. The van der Waals surface area contributed by atoms with Crippen LogP contribution in [0.5, 0.6) is 0 Å². The Hall–Kier alpha value is -2.27. The summed E-state index contributed by atoms with van der Waals surface area (Å²) in [6.45, 7) is 0.952. The summed E-state index contributed by atoms with van der Waals surface area (Å²) in [5.41, 5.74) is 2.71. The van der Waals surface area contributed by atoms with Gasteiger partial charge in [0.2, 0.25) is 0 Å². The van der Waals surface area contributed by atoms with E-state index in [4.69, 9.17) is 5.11 Å². The quantitative estimate of drug-likeness (QED) is 0.632. The summed E-state index contributed by atoms with van der Waals surface area (Å²) < 4.78 is 0. The molecule has 1 aromatic carbocycles. The number of hydrogen-bond acceptors (Lipinski definition) is 3. The highest BCUT2D eigenvalue weighted by Gasteiger charge is 2.03. The molecule has 2 aromatic rings. The predicted molar refractivity (Wildman–Crippen MR) is 74.0 cm³/mol. The van der Waals surface area contributed by atoms with Crippen molar-refractivity contribution in [3.05, 3.63) is 53.9 Å². The Morgan fingerprint density at radius 2 is 2.00 bits per heavy atom. The van der Waals surface area contributed by atoms with E-state index in [1.165, 1.54) is 5.56 Å². The minimum Gasteiger partial charge on any atom is -0.395 e. The van der Waals surface area contributed by atoms with Gasteiger partial charge in [0, 0.05) is 36.7 Å². The van der Waals surface area contributed by atoms with Gasteiger partial charge in [-0.15, -0.1) is 0 Å². The molecule has 0 spiro atoms. The Balaban J connectivity index is 1.89. The molecule has 5 heteroatoms. The zero-order chi connectivity index (χ0) is 13.5. The molecule has 100 valence electrons. The van der Waals surface area contributed by atoms with Crippen LogP contribution in [0.25, 0.3) is 0 Å². The van der Waals surface area contributed by atoms with Gasteiger partial charge in [0.05, 0.1) is 6.61 Å². The molecule has 0 aliphatic heterocycles. The first kappa shape index (κ1) is 13.2. The number of anilines is 1. The molecule has 1 amide bonds. The second-order valence-corrected chi connectivity index (χ2v) is 4.13. The van der Waals surface area contributed by atoms with Crippen molar-refractivity contribution in [3.63, 3.8) is 0 Å². The summed E-state index contributed by atoms with van der Waals surface area (Å²) in [5, 5.41) is 14.5. The summed E-state index contributed by atoms with van der Waals surface area (Å²) in [6.07, 6.45) is 3.81. The third kappa shape index (κ3) is 3.86. The van der Waals surface area contributed by atoms with Crippen LogP contribution >= 0.6 is 0 Å². The molecule has 4 N–H and O–H groups in total. The summed E-state index contributed by atoms with van der Waals surface area (Å²) in [6, 6.07) is 9.24. The number of H-pyrrole nitrogens is 1. The van der Waals surface area contributed by atoms with Gasteiger partial charge in [-0.1, -0.05) is 0 Å². The molecule has 2 rings (SSSR count).